The van der Waals surface area contributed by atoms with Crippen molar-refractivity contribution in [3.05, 3.63) is 54.2 Å². The van der Waals surface area contributed by atoms with Crippen molar-refractivity contribution >= 4 is 23.1 Å². The van der Waals surface area contributed by atoms with E-state index in [-0.39, 0.29) is 5.91 Å². The minimum absolute atomic E-state index is 0.193. The molecule has 0 unspecified atom stereocenters. The molecule has 1 aliphatic rings. The average Bonchev–Trinajstić information content (AvgIpc) is 3.00. The highest BCUT2D eigenvalue weighted by molar-refractivity contribution is 6.01. The Bertz CT molecular complexity index is 697. The van der Waals surface area contributed by atoms with Gasteiger partial charge in [-0.2, -0.15) is 5.10 Å². The van der Waals surface area contributed by atoms with Crippen molar-refractivity contribution in [3.63, 3.8) is 0 Å². The lowest BCUT2D eigenvalue weighted by molar-refractivity contribution is -0.117. The highest BCUT2D eigenvalue weighted by Gasteiger charge is 2.21. The topological polar surface area (TPSA) is 57.6 Å². The van der Waals surface area contributed by atoms with E-state index >= 15 is 0 Å². The number of anilines is 2. The van der Waals surface area contributed by atoms with Crippen molar-refractivity contribution in [1.29, 1.82) is 0 Å². The number of carbonyl (C=O) groups is 1. The Balaban J connectivity index is 1.78. The second kappa shape index (κ2) is 6.39. The molecule has 2 heterocycles. The highest BCUT2D eigenvalue weighted by Crippen LogP contribution is 2.22. The van der Waals surface area contributed by atoms with Gasteiger partial charge in [-0.05, 0) is 43.2 Å². The summed E-state index contributed by atoms with van der Waals surface area (Å²) in [6.45, 7) is 2.73. The van der Waals surface area contributed by atoms with Crippen LogP contribution in [0, 0.1) is 0 Å². The van der Waals surface area contributed by atoms with Crippen LogP contribution in [0.3, 0.4) is 0 Å². The van der Waals surface area contributed by atoms with Gasteiger partial charge in [-0.1, -0.05) is 18.2 Å². The van der Waals surface area contributed by atoms with E-state index in [1.54, 1.807) is 6.20 Å². The van der Waals surface area contributed by atoms with Gasteiger partial charge in [0.05, 0.1) is 5.71 Å². The largest absolute Gasteiger partial charge is 0.312 e. The number of carbonyl (C=O) groups excluding carboxylic acids is 1. The summed E-state index contributed by atoms with van der Waals surface area (Å²) in [5, 5.41) is 4.35. The number of hydrazone groups is 1. The summed E-state index contributed by atoms with van der Waals surface area (Å²) < 4.78 is 0. The molecular weight excluding hydrogens is 276 g/mol. The van der Waals surface area contributed by atoms with Gasteiger partial charge in [-0.15, -0.1) is 0 Å². The lowest BCUT2D eigenvalue weighted by Crippen LogP contribution is -2.23. The fraction of sp³-hybridized carbons (Fsp3) is 0.235. The summed E-state index contributed by atoms with van der Waals surface area (Å²) in [6, 6.07) is 13.5. The Morgan fingerprint density at radius 3 is 2.91 bits per heavy atom. The molecule has 5 heteroatoms. The van der Waals surface area contributed by atoms with Gasteiger partial charge >= 0.3 is 0 Å². The predicted molar refractivity (Wildman–Crippen MR) is 88.1 cm³/mol. The number of nitrogens with zero attached hydrogens (tertiary/aromatic N) is 3. The molecule has 112 valence electrons. The van der Waals surface area contributed by atoms with Crippen LogP contribution in [0.15, 0.2) is 53.8 Å². The van der Waals surface area contributed by atoms with Crippen LogP contribution in [0.4, 0.5) is 11.5 Å². The number of pyridine rings is 1. The van der Waals surface area contributed by atoms with Gasteiger partial charge in [0.1, 0.15) is 5.82 Å². The first-order valence-corrected chi connectivity index (χ1v) is 7.36. The predicted octanol–water partition coefficient (Wildman–Crippen LogP) is 3.04. The fourth-order valence-electron chi connectivity index (χ4n) is 2.45. The third-order valence-electron chi connectivity index (χ3n) is 3.65. The van der Waals surface area contributed by atoms with Gasteiger partial charge in [-0.25, -0.2) is 4.98 Å². The van der Waals surface area contributed by atoms with E-state index in [1.165, 1.54) is 0 Å². The smallest absolute Gasteiger partial charge is 0.227 e. The van der Waals surface area contributed by atoms with Gasteiger partial charge in [0.25, 0.3) is 0 Å². The van der Waals surface area contributed by atoms with Crippen LogP contribution in [0.1, 0.15) is 25.3 Å². The van der Waals surface area contributed by atoms with E-state index in [1.807, 2.05) is 54.3 Å². The summed E-state index contributed by atoms with van der Waals surface area (Å²) >= 11 is 0. The molecule has 22 heavy (non-hydrogen) atoms. The number of hydrogen-bond acceptors (Lipinski definition) is 4. The van der Waals surface area contributed by atoms with Gasteiger partial charge in [0.15, 0.2) is 0 Å². The van der Waals surface area contributed by atoms with Crippen LogP contribution in [-0.4, -0.2) is 23.1 Å². The Kier molecular flexibility index (Phi) is 4.14. The van der Waals surface area contributed by atoms with Crippen LogP contribution in [0.25, 0.3) is 0 Å². The molecule has 1 aliphatic heterocycles. The Morgan fingerprint density at radius 2 is 2.18 bits per heavy atom. The number of benzene rings is 1. The van der Waals surface area contributed by atoms with Crippen molar-refractivity contribution in [2.24, 2.45) is 5.10 Å². The van der Waals surface area contributed by atoms with Gasteiger partial charge in [0, 0.05) is 24.8 Å². The van der Waals surface area contributed by atoms with Crippen molar-refractivity contribution in [1.82, 2.24) is 4.98 Å². The minimum atomic E-state index is 0.193. The van der Waals surface area contributed by atoms with Crippen LogP contribution in [-0.2, 0) is 4.79 Å². The number of hydrogen-bond donors (Lipinski definition) is 1. The van der Waals surface area contributed by atoms with E-state index in [0.29, 0.717) is 12.2 Å². The number of amides is 1. The summed E-state index contributed by atoms with van der Waals surface area (Å²) in [5.74, 6) is 0.895. The molecule has 0 aliphatic carbocycles. The molecule has 5 nitrogen and oxygen atoms in total. The van der Waals surface area contributed by atoms with Crippen LogP contribution in [0.5, 0.6) is 0 Å². The second-order valence-electron chi connectivity index (χ2n) is 5.22. The van der Waals surface area contributed by atoms with Gasteiger partial charge < -0.3 is 4.90 Å². The molecule has 2 aromatic rings. The summed E-state index contributed by atoms with van der Waals surface area (Å²) in [6.07, 6.45) is 3.28. The molecule has 0 saturated carbocycles. The summed E-state index contributed by atoms with van der Waals surface area (Å²) in [4.78, 5) is 17.8. The zero-order valence-electron chi connectivity index (χ0n) is 12.5. The van der Waals surface area contributed by atoms with E-state index in [4.69, 9.17) is 0 Å². The Labute approximate surface area is 129 Å². The third-order valence-corrected chi connectivity index (χ3v) is 3.65. The van der Waals surface area contributed by atoms with Gasteiger partial charge in [0.2, 0.25) is 5.91 Å². The quantitative estimate of drug-likeness (QED) is 0.696. The number of aromatic nitrogens is 1. The third kappa shape index (κ3) is 3.14. The maximum absolute atomic E-state index is 11.8. The molecule has 0 bridgehead atoms. The SMILES string of the molecule is CC(=NNc1ccccn1)c1cccc(N2CCCC2=O)c1. The van der Waals surface area contributed by atoms with E-state index in [9.17, 15) is 4.79 Å². The first-order chi connectivity index (χ1) is 10.7. The van der Waals surface area contributed by atoms with Crippen molar-refractivity contribution in [2.45, 2.75) is 19.8 Å². The first kappa shape index (κ1) is 14.3. The average molecular weight is 294 g/mol. The first-order valence-electron chi connectivity index (χ1n) is 7.36. The second-order valence-corrected chi connectivity index (χ2v) is 5.22. The Hall–Kier alpha value is -2.69. The molecule has 1 aromatic heterocycles. The highest BCUT2D eigenvalue weighted by atomic mass is 16.2. The molecule has 3 rings (SSSR count). The van der Waals surface area contributed by atoms with E-state index in [2.05, 4.69) is 15.5 Å². The van der Waals surface area contributed by atoms with Crippen molar-refractivity contribution in [2.75, 3.05) is 16.9 Å². The van der Waals surface area contributed by atoms with Crippen LogP contribution in [0.2, 0.25) is 0 Å². The normalized spacial score (nSPS) is 15.2. The van der Waals surface area contributed by atoms with Crippen molar-refractivity contribution in [3.8, 4) is 0 Å². The summed E-state index contributed by atoms with van der Waals surface area (Å²) in [7, 11) is 0. The molecule has 1 fully saturated rings. The standard InChI is InChI=1S/C17H18N4O/c1-13(19-20-16-8-2-3-10-18-16)14-6-4-7-15(12-14)21-11-5-9-17(21)22/h2-4,6-8,10,12H,5,9,11H2,1H3,(H,18,20). The maximum atomic E-state index is 11.8. The van der Waals surface area contributed by atoms with Crippen LogP contribution < -0.4 is 10.3 Å². The molecule has 1 amide bonds. The number of rotatable bonds is 4. The molecule has 0 spiro atoms. The van der Waals surface area contributed by atoms with Gasteiger partial charge in [-0.3, -0.25) is 10.2 Å². The molecule has 0 atom stereocenters. The minimum Gasteiger partial charge on any atom is -0.312 e. The monoisotopic (exact) mass is 294 g/mol. The fourth-order valence-corrected chi connectivity index (χ4v) is 2.45. The maximum Gasteiger partial charge on any atom is 0.227 e. The number of nitrogens with one attached hydrogen (secondary N) is 1. The molecule has 1 aromatic carbocycles. The van der Waals surface area contributed by atoms with E-state index < -0.39 is 0 Å². The van der Waals surface area contributed by atoms with Crippen molar-refractivity contribution < 1.29 is 4.79 Å². The molecule has 0 radical (unpaired) electrons. The zero-order chi connectivity index (χ0) is 15.4. The Morgan fingerprint density at radius 1 is 1.27 bits per heavy atom. The summed E-state index contributed by atoms with van der Waals surface area (Å²) in [5.41, 5.74) is 5.71. The molecule has 1 saturated heterocycles. The molecule has 1 N–H and O–H groups in total. The molecular formula is C17H18N4O. The van der Waals surface area contributed by atoms with E-state index in [0.717, 1.165) is 29.9 Å². The van der Waals surface area contributed by atoms with Crippen LogP contribution >= 0.6 is 0 Å². The lowest BCUT2D eigenvalue weighted by atomic mass is 10.1. The zero-order valence-corrected chi connectivity index (χ0v) is 12.5. The lowest BCUT2D eigenvalue weighted by Gasteiger charge is -2.16.